The van der Waals surface area contributed by atoms with E-state index in [9.17, 15) is 14.0 Å². The molecule has 114 valence electrons. The van der Waals surface area contributed by atoms with E-state index in [0.29, 0.717) is 26.3 Å². The van der Waals surface area contributed by atoms with Crippen molar-refractivity contribution in [2.24, 2.45) is 0 Å². The van der Waals surface area contributed by atoms with Crippen molar-refractivity contribution in [2.45, 2.75) is 6.42 Å². The molecule has 0 bridgehead atoms. The summed E-state index contributed by atoms with van der Waals surface area (Å²) in [5.74, 6) is -1.09. The quantitative estimate of drug-likeness (QED) is 0.787. The molecule has 2 amide bonds. The molecule has 0 saturated carbocycles. The molecule has 0 aromatic heterocycles. The van der Waals surface area contributed by atoms with Gasteiger partial charge in [-0.2, -0.15) is 0 Å². The van der Waals surface area contributed by atoms with Crippen LogP contribution in [0.3, 0.4) is 0 Å². The zero-order valence-electron chi connectivity index (χ0n) is 11.6. The molecule has 0 unspecified atom stereocenters. The van der Waals surface area contributed by atoms with Crippen molar-refractivity contribution in [3.63, 3.8) is 0 Å². The first kappa shape index (κ1) is 15.2. The molecule has 1 aromatic rings. The summed E-state index contributed by atoms with van der Waals surface area (Å²) in [6, 6.07) is 3.86. The Morgan fingerprint density at radius 1 is 1.33 bits per heavy atom. The lowest BCUT2D eigenvalue weighted by Gasteiger charge is -2.26. The van der Waals surface area contributed by atoms with Crippen molar-refractivity contribution in [1.29, 1.82) is 0 Å². The summed E-state index contributed by atoms with van der Waals surface area (Å²) in [6.07, 6.45) is 0.212. The third kappa shape index (κ3) is 4.16. The Hall–Kier alpha value is -2.15. The van der Waals surface area contributed by atoms with Crippen LogP contribution < -0.4 is 11.1 Å². The fraction of sp³-hybridized carbons (Fsp3) is 0.429. The van der Waals surface area contributed by atoms with Crippen LogP contribution in [-0.4, -0.2) is 49.6 Å². The topological polar surface area (TPSA) is 84.7 Å². The molecule has 0 atom stereocenters. The van der Waals surface area contributed by atoms with E-state index >= 15 is 0 Å². The monoisotopic (exact) mass is 295 g/mol. The summed E-state index contributed by atoms with van der Waals surface area (Å²) >= 11 is 0. The molecule has 1 aliphatic rings. The molecular formula is C14H18FN3O3. The molecule has 21 heavy (non-hydrogen) atoms. The van der Waals surface area contributed by atoms with Gasteiger partial charge in [0.25, 0.3) is 5.91 Å². The molecule has 1 aliphatic heterocycles. The number of anilines is 1. The number of hydrogen-bond donors (Lipinski definition) is 2. The Labute approximate surface area is 122 Å². The third-order valence-corrected chi connectivity index (χ3v) is 3.25. The zero-order valence-corrected chi connectivity index (χ0v) is 11.6. The highest BCUT2D eigenvalue weighted by molar-refractivity contribution is 5.94. The maximum Gasteiger partial charge on any atom is 0.251 e. The summed E-state index contributed by atoms with van der Waals surface area (Å²) in [4.78, 5) is 25.4. The van der Waals surface area contributed by atoms with Crippen molar-refractivity contribution in [3.05, 3.63) is 29.6 Å². The Bertz CT molecular complexity index is 530. The second-order valence-electron chi connectivity index (χ2n) is 4.74. The van der Waals surface area contributed by atoms with Crippen molar-refractivity contribution in [1.82, 2.24) is 10.2 Å². The number of nitrogens with zero attached hydrogens (tertiary/aromatic N) is 1. The average Bonchev–Trinajstić information content (AvgIpc) is 2.50. The van der Waals surface area contributed by atoms with Gasteiger partial charge < -0.3 is 20.7 Å². The van der Waals surface area contributed by atoms with Gasteiger partial charge in [-0.25, -0.2) is 4.39 Å². The van der Waals surface area contributed by atoms with Gasteiger partial charge in [-0.3, -0.25) is 9.59 Å². The number of hydrogen-bond acceptors (Lipinski definition) is 4. The first-order chi connectivity index (χ1) is 10.1. The van der Waals surface area contributed by atoms with E-state index in [4.69, 9.17) is 10.5 Å². The van der Waals surface area contributed by atoms with Crippen molar-refractivity contribution >= 4 is 17.5 Å². The van der Waals surface area contributed by atoms with E-state index in [-0.39, 0.29) is 30.1 Å². The van der Waals surface area contributed by atoms with Gasteiger partial charge in [0.05, 0.1) is 18.9 Å². The number of nitrogen functional groups attached to an aromatic ring is 1. The molecule has 0 spiro atoms. The van der Waals surface area contributed by atoms with Gasteiger partial charge in [0.2, 0.25) is 5.91 Å². The number of benzene rings is 1. The second-order valence-corrected chi connectivity index (χ2v) is 4.74. The SMILES string of the molecule is Nc1ccc(C(=O)NCCC(=O)N2CCOCC2)cc1F. The number of carbonyl (C=O) groups is 2. The van der Waals surface area contributed by atoms with Gasteiger partial charge in [0, 0.05) is 31.6 Å². The van der Waals surface area contributed by atoms with E-state index in [1.54, 1.807) is 4.90 Å². The summed E-state index contributed by atoms with van der Waals surface area (Å²) in [5.41, 5.74) is 5.52. The van der Waals surface area contributed by atoms with Gasteiger partial charge in [-0.05, 0) is 18.2 Å². The van der Waals surface area contributed by atoms with Crippen LogP contribution in [0.4, 0.5) is 10.1 Å². The van der Waals surface area contributed by atoms with E-state index in [0.717, 1.165) is 6.07 Å². The number of nitrogens with one attached hydrogen (secondary N) is 1. The molecule has 1 fully saturated rings. The second kappa shape index (κ2) is 7.03. The van der Waals surface area contributed by atoms with Gasteiger partial charge in [0.15, 0.2) is 0 Å². The fourth-order valence-electron chi connectivity index (χ4n) is 2.02. The minimum absolute atomic E-state index is 0.00551. The summed E-state index contributed by atoms with van der Waals surface area (Å²) in [5, 5.41) is 2.59. The number of nitrogens with two attached hydrogens (primary N) is 1. The van der Waals surface area contributed by atoms with Gasteiger partial charge >= 0.3 is 0 Å². The van der Waals surface area contributed by atoms with Crippen LogP contribution in [0.5, 0.6) is 0 Å². The van der Waals surface area contributed by atoms with E-state index < -0.39 is 11.7 Å². The Morgan fingerprint density at radius 2 is 2.05 bits per heavy atom. The van der Waals surface area contributed by atoms with Gasteiger partial charge in [-0.1, -0.05) is 0 Å². The van der Waals surface area contributed by atoms with E-state index in [1.165, 1.54) is 12.1 Å². The summed E-state index contributed by atoms with van der Waals surface area (Å²) < 4.78 is 18.4. The Balaban J connectivity index is 1.78. The maximum absolute atomic E-state index is 13.3. The number of ether oxygens (including phenoxy) is 1. The minimum Gasteiger partial charge on any atom is -0.396 e. The smallest absolute Gasteiger partial charge is 0.251 e. The molecule has 6 nitrogen and oxygen atoms in total. The molecule has 1 saturated heterocycles. The summed E-state index contributed by atoms with van der Waals surface area (Å²) in [7, 11) is 0. The molecule has 2 rings (SSSR count). The van der Waals surface area contributed by atoms with Gasteiger partial charge in [-0.15, -0.1) is 0 Å². The largest absolute Gasteiger partial charge is 0.396 e. The van der Waals surface area contributed by atoms with Crippen molar-refractivity contribution < 1.29 is 18.7 Å². The van der Waals surface area contributed by atoms with Crippen LogP contribution >= 0.6 is 0 Å². The molecule has 1 heterocycles. The number of halogens is 1. The highest BCUT2D eigenvalue weighted by Crippen LogP contribution is 2.11. The number of morpholine rings is 1. The van der Waals surface area contributed by atoms with Crippen LogP contribution in [0.2, 0.25) is 0 Å². The molecular weight excluding hydrogens is 277 g/mol. The molecule has 0 radical (unpaired) electrons. The Morgan fingerprint density at radius 3 is 2.71 bits per heavy atom. The highest BCUT2D eigenvalue weighted by Gasteiger charge is 2.16. The first-order valence-electron chi connectivity index (χ1n) is 6.76. The predicted molar refractivity (Wildman–Crippen MR) is 75.2 cm³/mol. The van der Waals surface area contributed by atoms with Gasteiger partial charge in [0.1, 0.15) is 5.82 Å². The first-order valence-corrected chi connectivity index (χ1v) is 6.76. The maximum atomic E-state index is 13.3. The lowest BCUT2D eigenvalue weighted by atomic mass is 10.2. The van der Waals surface area contributed by atoms with E-state index in [2.05, 4.69) is 5.32 Å². The standard InChI is InChI=1S/C14H18FN3O3/c15-11-9-10(1-2-12(11)16)14(20)17-4-3-13(19)18-5-7-21-8-6-18/h1-2,9H,3-8,16H2,(H,17,20). The van der Waals surface area contributed by atoms with Crippen molar-refractivity contribution in [3.8, 4) is 0 Å². The highest BCUT2D eigenvalue weighted by atomic mass is 19.1. The summed E-state index contributed by atoms with van der Waals surface area (Å²) in [6.45, 7) is 2.46. The average molecular weight is 295 g/mol. The number of amides is 2. The molecule has 1 aromatic carbocycles. The molecule has 0 aliphatic carbocycles. The van der Waals surface area contributed by atoms with Crippen LogP contribution in [0, 0.1) is 5.82 Å². The van der Waals surface area contributed by atoms with Crippen molar-refractivity contribution in [2.75, 3.05) is 38.6 Å². The molecule has 7 heteroatoms. The lowest BCUT2D eigenvalue weighted by molar-refractivity contribution is -0.135. The lowest BCUT2D eigenvalue weighted by Crippen LogP contribution is -2.42. The minimum atomic E-state index is -0.632. The van der Waals surface area contributed by atoms with Crippen LogP contribution in [0.1, 0.15) is 16.8 Å². The van der Waals surface area contributed by atoms with Crippen LogP contribution in [-0.2, 0) is 9.53 Å². The van der Waals surface area contributed by atoms with E-state index in [1.807, 2.05) is 0 Å². The Kier molecular flexibility index (Phi) is 5.10. The van der Waals surface area contributed by atoms with Crippen LogP contribution in [0.25, 0.3) is 0 Å². The number of rotatable bonds is 4. The van der Waals surface area contributed by atoms with Crippen LogP contribution in [0.15, 0.2) is 18.2 Å². The predicted octanol–water partition coefficient (Wildman–Crippen LogP) is 0.387. The molecule has 3 N–H and O–H groups in total. The number of carbonyl (C=O) groups excluding carboxylic acids is 2. The fourth-order valence-corrected chi connectivity index (χ4v) is 2.02. The normalized spacial score (nSPS) is 14.8. The zero-order chi connectivity index (χ0) is 15.2. The third-order valence-electron chi connectivity index (χ3n) is 3.25.